The van der Waals surface area contributed by atoms with Crippen molar-refractivity contribution < 1.29 is 0 Å². The van der Waals surface area contributed by atoms with Crippen LogP contribution in [0.25, 0.3) is 76.9 Å². The van der Waals surface area contributed by atoms with E-state index in [2.05, 4.69) is 118 Å². The van der Waals surface area contributed by atoms with Crippen molar-refractivity contribution in [1.82, 2.24) is 14.0 Å². The van der Waals surface area contributed by atoms with Gasteiger partial charge in [-0.3, -0.25) is 15.0 Å². The van der Waals surface area contributed by atoms with Gasteiger partial charge in [0, 0.05) is 50.0 Å². The van der Waals surface area contributed by atoms with Crippen LogP contribution in [0.5, 0.6) is 0 Å². The largest absolute Gasteiger partial charge is 0.398 e. The van der Waals surface area contributed by atoms with Crippen molar-refractivity contribution in [3.63, 3.8) is 0 Å². The molecule has 7 heteroatoms. The van der Waals surface area contributed by atoms with Crippen LogP contribution in [0.4, 0.5) is 0 Å². The molecule has 0 aliphatic heterocycles. The standard InChI is InChI=1S/C39H30N6.C12H11N/c1-2-3-17-32(40)24-11-10-12-25(20-24)38(41)43-39(42)45-34-19-9-7-16-30(34)31-23-35-26(22-37(31)45)21-36-29-15-5-4-13-27(29)28-14-6-8-18-33(28)44(35)36;1-10-5-4-6-11(9-10)12-7-2-3-8-13-12/h2-23H,40H2,1H3,(H3,41,42,43);2-9H,1H3/b3-2-,32-17-;. The Kier molecular flexibility index (Phi) is 9.32. The highest BCUT2D eigenvalue weighted by atomic mass is 15.2. The summed E-state index contributed by atoms with van der Waals surface area (Å²) in [5.74, 6) is 0.292. The third-order valence-corrected chi connectivity index (χ3v) is 10.6. The van der Waals surface area contributed by atoms with E-state index < -0.39 is 0 Å². The lowest BCUT2D eigenvalue weighted by molar-refractivity contribution is 1.22. The van der Waals surface area contributed by atoms with Crippen molar-refractivity contribution in [3.05, 3.63) is 199 Å². The van der Waals surface area contributed by atoms with E-state index in [9.17, 15) is 0 Å². The van der Waals surface area contributed by atoms with Gasteiger partial charge in [-0.25, -0.2) is 0 Å². The molecule has 5 N–H and O–H groups in total. The maximum absolute atomic E-state index is 8.85. The number of aliphatic imine (C=N–C) groups is 1. The van der Waals surface area contributed by atoms with Crippen molar-refractivity contribution >= 4 is 77.4 Å². The van der Waals surface area contributed by atoms with E-state index in [1.165, 1.54) is 32.8 Å². The molecule has 7 nitrogen and oxygen atoms in total. The number of amidine groups is 1. The molecule has 0 aliphatic carbocycles. The van der Waals surface area contributed by atoms with Crippen LogP contribution in [0, 0.1) is 12.3 Å². The summed E-state index contributed by atoms with van der Waals surface area (Å²) >= 11 is 0. The predicted molar refractivity (Wildman–Crippen MR) is 245 cm³/mol. The lowest BCUT2D eigenvalue weighted by atomic mass is 10.1. The van der Waals surface area contributed by atoms with Gasteiger partial charge in [0.25, 0.3) is 0 Å². The monoisotopic (exact) mass is 751 g/mol. The number of nitrogens with zero attached hydrogens (tertiary/aromatic N) is 4. The molecule has 0 bridgehead atoms. The molecular formula is C51H41N7. The molecule has 58 heavy (non-hydrogen) atoms. The van der Waals surface area contributed by atoms with Gasteiger partial charge in [-0.05, 0) is 85.5 Å². The molecule has 6 aromatic carbocycles. The minimum atomic E-state index is 0.0627. The molecule has 4 heterocycles. The predicted octanol–water partition coefficient (Wildman–Crippen LogP) is 11.6. The zero-order valence-corrected chi connectivity index (χ0v) is 32.3. The van der Waals surface area contributed by atoms with E-state index in [1.54, 1.807) is 0 Å². The highest BCUT2D eigenvalue weighted by molar-refractivity contribution is 6.21. The first-order chi connectivity index (χ1) is 28.4. The fraction of sp³-hybridized carbons (Fsp3) is 0.0392. The minimum absolute atomic E-state index is 0.0627. The third kappa shape index (κ3) is 6.44. The van der Waals surface area contributed by atoms with Crippen molar-refractivity contribution in [2.24, 2.45) is 16.5 Å². The van der Waals surface area contributed by atoms with Gasteiger partial charge < -0.3 is 15.9 Å². The Labute approximate surface area is 336 Å². The van der Waals surface area contributed by atoms with Gasteiger partial charge in [-0.1, -0.05) is 121 Å². The Morgan fingerprint density at radius 2 is 1.26 bits per heavy atom. The third-order valence-electron chi connectivity index (χ3n) is 10.6. The first-order valence-corrected chi connectivity index (χ1v) is 19.3. The highest BCUT2D eigenvalue weighted by Crippen LogP contribution is 2.38. The summed E-state index contributed by atoms with van der Waals surface area (Å²) in [5, 5.41) is 15.8. The Balaban J connectivity index is 0.000000285. The number of nitrogens with one attached hydrogen (secondary N) is 1. The Bertz CT molecular complexity index is 3290. The first kappa shape index (κ1) is 35.9. The van der Waals surface area contributed by atoms with E-state index in [1.807, 2.05) is 96.6 Å². The molecule has 0 saturated carbocycles. The number of hydrogen-bond donors (Lipinski definition) is 3. The summed E-state index contributed by atoms with van der Waals surface area (Å²) in [7, 11) is 0. The SMILES string of the molecule is C/C=C\C=C(/N)c1cccc(C(=N)N=C(N)n2c3ccccc3c3cc4c(cc32)cc2c3ccccc3c3ccccc3n42)c1.Cc1cccc(-c2ccccn2)c1. The van der Waals surface area contributed by atoms with Crippen LogP contribution in [-0.2, 0) is 0 Å². The Morgan fingerprint density at radius 1 is 0.603 bits per heavy atom. The quantitative estimate of drug-likeness (QED) is 0.0720. The van der Waals surface area contributed by atoms with E-state index in [4.69, 9.17) is 16.9 Å². The molecule has 0 fully saturated rings. The lowest BCUT2D eigenvalue weighted by Crippen LogP contribution is -2.23. The van der Waals surface area contributed by atoms with Crippen LogP contribution >= 0.6 is 0 Å². The molecule has 0 unspecified atom stereocenters. The molecule has 0 saturated heterocycles. The van der Waals surface area contributed by atoms with Crippen LogP contribution in [0.2, 0.25) is 0 Å². The van der Waals surface area contributed by atoms with E-state index in [-0.39, 0.29) is 11.8 Å². The number of pyridine rings is 2. The van der Waals surface area contributed by atoms with Crippen LogP contribution in [0.15, 0.2) is 187 Å². The van der Waals surface area contributed by atoms with Gasteiger partial charge in [0.05, 0.1) is 33.3 Å². The van der Waals surface area contributed by atoms with Crippen molar-refractivity contribution in [2.75, 3.05) is 0 Å². The normalized spacial score (nSPS) is 12.3. The molecular weight excluding hydrogens is 711 g/mol. The second-order valence-corrected chi connectivity index (χ2v) is 14.3. The molecule has 280 valence electrons. The first-order valence-electron chi connectivity index (χ1n) is 19.3. The Morgan fingerprint density at radius 3 is 2.00 bits per heavy atom. The average molecular weight is 752 g/mol. The van der Waals surface area contributed by atoms with Gasteiger partial charge in [0.1, 0.15) is 0 Å². The fourth-order valence-corrected chi connectivity index (χ4v) is 7.92. The number of fused-ring (bicyclic) bond motifs is 11. The van der Waals surface area contributed by atoms with E-state index in [0.717, 1.165) is 49.5 Å². The summed E-state index contributed by atoms with van der Waals surface area (Å²) < 4.78 is 4.33. The Hall–Kier alpha value is -7.77. The van der Waals surface area contributed by atoms with Gasteiger partial charge >= 0.3 is 0 Å². The number of allylic oxidation sites excluding steroid dienone is 3. The maximum atomic E-state index is 8.85. The summed E-state index contributed by atoms with van der Waals surface area (Å²) in [5.41, 5.74) is 23.9. The number of aryl methyl sites for hydroxylation is 1. The number of aromatic nitrogens is 3. The highest BCUT2D eigenvalue weighted by Gasteiger charge is 2.18. The maximum Gasteiger partial charge on any atom is 0.207 e. The average Bonchev–Trinajstić information content (AvgIpc) is 3.81. The molecule has 0 radical (unpaired) electrons. The van der Waals surface area contributed by atoms with Gasteiger partial charge in [0.15, 0.2) is 5.84 Å². The van der Waals surface area contributed by atoms with Crippen LogP contribution < -0.4 is 11.5 Å². The molecule has 0 amide bonds. The number of benzene rings is 6. The zero-order chi connectivity index (χ0) is 39.8. The molecule has 0 atom stereocenters. The minimum Gasteiger partial charge on any atom is -0.398 e. The summed E-state index contributed by atoms with van der Waals surface area (Å²) in [4.78, 5) is 8.91. The van der Waals surface area contributed by atoms with Crippen LogP contribution in [-0.4, -0.2) is 25.7 Å². The van der Waals surface area contributed by atoms with Crippen LogP contribution in [0.1, 0.15) is 23.6 Å². The number of nitrogens with two attached hydrogens (primary N) is 2. The molecule has 0 aliphatic rings. The van der Waals surface area contributed by atoms with E-state index >= 15 is 0 Å². The summed E-state index contributed by atoms with van der Waals surface area (Å²) in [6.07, 6.45) is 7.47. The smallest absolute Gasteiger partial charge is 0.207 e. The second-order valence-electron chi connectivity index (χ2n) is 14.3. The van der Waals surface area contributed by atoms with Crippen molar-refractivity contribution in [3.8, 4) is 11.3 Å². The van der Waals surface area contributed by atoms with Gasteiger partial charge in [-0.2, -0.15) is 4.99 Å². The number of para-hydroxylation sites is 2. The lowest BCUT2D eigenvalue weighted by Gasteiger charge is -2.10. The zero-order valence-electron chi connectivity index (χ0n) is 32.3. The number of hydrogen-bond acceptors (Lipinski definition) is 3. The fourth-order valence-electron chi connectivity index (χ4n) is 7.92. The van der Waals surface area contributed by atoms with Gasteiger partial charge in [0.2, 0.25) is 5.96 Å². The van der Waals surface area contributed by atoms with E-state index in [0.29, 0.717) is 11.3 Å². The number of rotatable bonds is 4. The molecule has 10 aromatic rings. The molecule has 0 spiro atoms. The topological polar surface area (TPSA) is 110 Å². The summed E-state index contributed by atoms with van der Waals surface area (Å²) in [6, 6.07) is 53.9. The van der Waals surface area contributed by atoms with Crippen LogP contribution in [0.3, 0.4) is 0 Å². The van der Waals surface area contributed by atoms with Gasteiger partial charge in [-0.15, -0.1) is 0 Å². The molecule has 10 rings (SSSR count). The van der Waals surface area contributed by atoms with Crippen molar-refractivity contribution in [1.29, 1.82) is 5.41 Å². The summed E-state index contributed by atoms with van der Waals surface area (Å²) in [6.45, 7) is 4.03. The second kappa shape index (κ2) is 15.0. The van der Waals surface area contributed by atoms with Crippen molar-refractivity contribution in [2.45, 2.75) is 13.8 Å². The molecule has 4 aromatic heterocycles.